The molecule has 3 heteroatoms. The number of aryl methyl sites for hydroxylation is 2. The first-order valence-corrected chi connectivity index (χ1v) is 5.74. The fourth-order valence-corrected chi connectivity index (χ4v) is 2.09. The highest BCUT2D eigenvalue weighted by atomic mass is 16.4. The molecule has 0 radical (unpaired) electrons. The third-order valence-corrected chi connectivity index (χ3v) is 2.70. The van der Waals surface area contributed by atoms with Crippen molar-refractivity contribution in [2.75, 3.05) is 5.32 Å². The fourth-order valence-electron chi connectivity index (χ4n) is 2.09. The molecule has 0 heterocycles. The van der Waals surface area contributed by atoms with Crippen molar-refractivity contribution in [3.05, 3.63) is 53.6 Å². The Morgan fingerprint density at radius 2 is 1.67 bits per heavy atom. The second-order valence-corrected chi connectivity index (χ2v) is 4.35. The summed E-state index contributed by atoms with van der Waals surface area (Å²) in [6.07, 6.45) is -1.05. The Labute approximate surface area is 106 Å². The monoisotopic (exact) mass is 241 g/mol. The van der Waals surface area contributed by atoms with Crippen LogP contribution in [0, 0.1) is 13.8 Å². The molecule has 0 aliphatic rings. The summed E-state index contributed by atoms with van der Waals surface area (Å²) in [5.74, 6) is 0. The molecule has 18 heavy (non-hydrogen) atoms. The lowest BCUT2D eigenvalue weighted by atomic mass is 9.99. The Morgan fingerprint density at radius 3 is 2.28 bits per heavy atom. The van der Waals surface area contributed by atoms with Gasteiger partial charge in [-0.15, -0.1) is 0 Å². The minimum Gasteiger partial charge on any atom is -0.465 e. The van der Waals surface area contributed by atoms with E-state index in [0.29, 0.717) is 5.69 Å². The zero-order valence-electron chi connectivity index (χ0n) is 10.4. The van der Waals surface area contributed by atoms with E-state index in [1.165, 1.54) is 0 Å². The highest BCUT2D eigenvalue weighted by molar-refractivity contribution is 5.90. The summed E-state index contributed by atoms with van der Waals surface area (Å²) < 4.78 is 0. The van der Waals surface area contributed by atoms with Gasteiger partial charge in [0, 0.05) is 5.56 Å². The van der Waals surface area contributed by atoms with Crippen LogP contribution in [-0.4, -0.2) is 11.2 Å². The lowest BCUT2D eigenvalue weighted by molar-refractivity contribution is 0.210. The topological polar surface area (TPSA) is 49.3 Å². The minimum absolute atomic E-state index is 0.606. The van der Waals surface area contributed by atoms with Gasteiger partial charge in [0.25, 0.3) is 0 Å². The lowest BCUT2D eigenvalue weighted by Gasteiger charge is -2.10. The highest BCUT2D eigenvalue weighted by Crippen LogP contribution is 2.29. The number of nitrogens with one attached hydrogen (secondary N) is 1. The van der Waals surface area contributed by atoms with Crippen molar-refractivity contribution in [2.45, 2.75) is 13.8 Å². The maximum Gasteiger partial charge on any atom is 0.409 e. The lowest BCUT2D eigenvalue weighted by Crippen LogP contribution is -2.08. The molecular formula is C15H15NO2. The van der Waals surface area contributed by atoms with Gasteiger partial charge in [-0.1, -0.05) is 47.5 Å². The predicted molar refractivity (Wildman–Crippen MR) is 73.0 cm³/mol. The Kier molecular flexibility index (Phi) is 3.33. The summed E-state index contributed by atoms with van der Waals surface area (Å²) in [5, 5.41) is 11.3. The number of para-hydroxylation sites is 1. The minimum atomic E-state index is -1.05. The van der Waals surface area contributed by atoms with E-state index >= 15 is 0 Å². The Morgan fingerprint density at radius 1 is 1.06 bits per heavy atom. The average Bonchev–Trinajstić information content (AvgIpc) is 2.27. The summed E-state index contributed by atoms with van der Waals surface area (Å²) in [7, 11) is 0. The first-order chi connectivity index (χ1) is 8.56. The van der Waals surface area contributed by atoms with Crippen molar-refractivity contribution in [2.24, 2.45) is 0 Å². The van der Waals surface area contributed by atoms with Crippen LogP contribution >= 0.6 is 0 Å². The van der Waals surface area contributed by atoms with Gasteiger partial charge < -0.3 is 5.11 Å². The third kappa shape index (κ3) is 2.69. The van der Waals surface area contributed by atoms with Crippen LogP contribution in [0.3, 0.4) is 0 Å². The predicted octanol–water partition coefficient (Wildman–Crippen LogP) is 4.06. The van der Waals surface area contributed by atoms with E-state index in [2.05, 4.69) is 23.5 Å². The molecule has 2 N–H and O–H groups in total. The molecule has 0 aliphatic heterocycles. The summed E-state index contributed by atoms with van der Waals surface area (Å²) in [6, 6.07) is 13.6. The molecule has 0 bridgehead atoms. The molecule has 0 saturated heterocycles. The van der Waals surface area contributed by atoms with Crippen molar-refractivity contribution in [3.8, 4) is 11.1 Å². The van der Waals surface area contributed by atoms with Gasteiger partial charge in [-0.2, -0.15) is 0 Å². The van der Waals surface area contributed by atoms with Crippen LogP contribution in [-0.2, 0) is 0 Å². The van der Waals surface area contributed by atoms with E-state index < -0.39 is 6.09 Å². The van der Waals surface area contributed by atoms with Crippen LogP contribution in [0.4, 0.5) is 10.5 Å². The molecule has 2 aromatic carbocycles. The van der Waals surface area contributed by atoms with Gasteiger partial charge in [-0.3, -0.25) is 5.32 Å². The number of hydrogen-bond acceptors (Lipinski definition) is 1. The number of benzene rings is 2. The van der Waals surface area contributed by atoms with E-state index in [-0.39, 0.29) is 0 Å². The second kappa shape index (κ2) is 4.92. The second-order valence-electron chi connectivity index (χ2n) is 4.35. The molecule has 0 saturated carbocycles. The smallest absolute Gasteiger partial charge is 0.409 e. The Balaban J connectivity index is 2.52. The summed E-state index contributed by atoms with van der Waals surface area (Å²) in [4.78, 5) is 10.8. The van der Waals surface area contributed by atoms with Gasteiger partial charge in [0.15, 0.2) is 0 Å². The summed E-state index contributed by atoms with van der Waals surface area (Å²) in [5.41, 5.74) is 4.85. The molecule has 0 spiro atoms. The van der Waals surface area contributed by atoms with Gasteiger partial charge in [0.05, 0.1) is 5.69 Å². The largest absolute Gasteiger partial charge is 0.465 e. The number of carboxylic acid groups (broad SMARTS) is 1. The van der Waals surface area contributed by atoms with Crippen LogP contribution < -0.4 is 5.32 Å². The first kappa shape index (κ1) is 12.2. The van der Waals surface area contributed by atoms with Crippen molar-refractivity contribution in [1.29, 1.82) is 0 Å². The molecule has 0 unspecified atom stereocenters. The molecule has 2 rings (SSSR count). The summed E-state index contributed by atoms with van der Waals surface area (Å²) in [6.45, 7) is 4.06. The van der Waals surface area contributed by atoms with Crippen molar-refractivity contribution in [3.63, 3.8) is 0 Å². The van der Waals surface area contributed by atoms with Gasteiger partial charge in [-0.25, -0.2) is 4.79 Å². The average molecular weight is 241 g/mol. The quantitative estimate of drug-likeness (QED) is 0.833. The normalized spacial score (nSPS) is 10.1. The number of amides is 1. The highest BCUT2D eigenvalue weighted by Gasteiger charge is 2.07. The molecule has 3 nitrogen and oxygen atoms in total. The zero-order chi connectivity index (χ0) is 13.1. The van der Waals surface area contributed by atoms with E-state index in [1.807, 2.05) is 32.0 Å². The molecular weight excluding hydrogens is 226 g/mol. The summed E-state index contributed by atoms with van der Waals surface area (Å²) >= 11 is 0. The zero-order valence-corrected chi connectivity index (χ0v) is 10.4. The van der Waals surface area contributed by atoms with Crippen LogP contribution in [0.5, 0.6) is 0 Å². The number of carbonyl (C=O) groups is 1. The van der Waals surface area contributed by atoms with Gasteiger partial charge in [-0.05, 0) is 25.5 Å². The molecule has 0 aromatic heterocycles. The van der Waals surface area contributed by atoms with Gasteiger partial charge in [0.1, 0.15) is 0 Å². The first-order valence-electron chi connectivity index (χ1n) is 5.74. The molecule has 92 valence electrons. The van der Waals surface area contributed by atoms with E-state index in [1.54, 1.807) is 6.07 Å². The maximum absolute atomic E-state index is 10.8. The Bertz CT molecular complexity index is 571. The van der Waals surface area contributed by atoms with Gasteiger partial charge in [0.2, 0.25) is 0 Å². The SMILES string of the molecule is Cc1cc(C)cc(-c2ccccc2NC(=O)O)c1. The van der Waals surface area contributed by atoms with Crippen molar-refractivity contribution >= 4 is 11.8 Å². The molecule has 0 aliphatic carbocycles. The van der Waals surface area contributed by atoms with Crippen molar-refractivity contribution in [1.82, 2.24) is 0 Å². The van der Waals surface area contributed by atoms with Crippen molar-refractivity contribution < 1.29 is 9.90 Å². The molecule has 0 atom stereocenters. The number of anilines is 1. The molecule has 1 amide bonds. The fraction of sp³-hybridized carbons (Fsp3) is 0.133. The standard InChI is InChI=1S/C15H15NO2/c1-10-7-11(2)9-12(8-10)13-5-3-4-6-14(13)16-15(17)18/h3-9,16H,1-2H3,(H,17,18). The van der Waals surface area contributed by atoms with Crippen LogP contribution in [0.1, 0.15) is 11.1 Å². The van der Waals surface area contributed by atoms with Crippen LogP contribution in [0.25, 0.3) is 11.1 Å². The van der Waals surface area contributed by atoms with Crippen LogP contribution in [0.15, 0.2) is 42.5 Å². The van der Waals surface area contributed by atoms with E-state index in [4.69, 9.17) is 5.11 Å². The third-order valence-electron chi connectivity index (χ3n) is 2.70. The molecule has 2 aromatic rings. The number of rotatable bonds is 2. The maximum atomic E-state index is 10.8. The Hall–Kier alpha value is -2.29. The van der Waals surface area contributed by atoms with Crippen LogP contribution in [0.2, 0.25) is 0 Å². The van der Waals surface area contributed by atoms with E-state index in [9.17, 15) is 4.79 Å². The molecule has 0 fully saturated rings. The van der Waals surface area contributed by atoms with Gasteiger partial charge >= 0.3 is 6.09 Å². The van der Waals surface area contributed by atoms with E-state index in [0.717, 1.165) is 22.3 Å². The number of hydrogen-bond donors (Lipinski definition) is 2.